The molecular formula is C22H25F5N4O3S. The Morgan fingerprint density at radius 3 is 2.60 bits per heavy atom. The highest BCUT2D eigenvalue weighted by atomic mass is 32.1. The Balaban J connectivity index is 1.91. The lowest BCUT2D eigenvalue weighted by atomic mass is 10.00. The predicted molar refractivity (Wildman–Crippen MR) is 119 cm³/mol. The molecule has 3 rings (SSSR count). The highest BCUT2D eigenvalue weighted by molar-refractivity contribution is 7.11. The van der Waals surface area contributed by atoms with Crippen LogP contribution in [0.3, 0.4) is 0 Å². The summed E-state index contributed by atoms with van der Waals surface area (Å²) in [5.41, 5.74) is -0.455. The first-order valence-electron chi connectivity index (χ1n) is 11.0. The van der Waals surface area contributed by atoms with Crippen LogP contribution in [0.2, 0.25) is 0 Å². The molecule has 0 radical (unpaired) electrons. The van der Waals surface area contributed by atoms with E-state index in [0.717, 1.165) is 23.6 Å². The second-order valence-corrected chi connectivity index (χ2v) is 8.92. The summed E-state index contributed by atoms with van der Waals surface area (Å²) in [5.74, 6) is -1.54. The van der Waals surface area contributed by atoms with Gasteiger partial charge in [0.1, 0.15) is 17.6 Å². The molecule has 3 heterocycles. The lowest BCUT2D eigenvalue weighted by molar-refractivity contribution is -0.142. The number of hydrogen-bond donors (Lipinski definition) is 1. The zero-order valence-corrected chi connectivity index (χ0v) is 20.1. The van der Waals surface area contributed by atoms with Gasteiger partial charge in [0.05, 0.1) is 12.6 Å². The minimum Gasteiger partial charge on any atom is -0.461 e. The van der Waals surface area contributed by atoms with E-state index >= 15 is 0 Å². The van der Waals surface area contributed by atoms with Gasteiger partial charge in [-0.1, -0.05) is 6.92 Å². The topological polar surface area (TPSA) is 84.4 Å². The van der Waals surface area contributed by atoms with Crippen LogP contribution in [0.1, 0.15) is 83.9 Å². The van der Waals surface area contributed by atoms with Crippen LogP contribution >= 0.6 is 11.3 Å². The van der Waals surface area contributed by atoms with Crippen molar-refractivity contribution in [3.05, 3.63) is 39.5 Å². The van der Waals surface area contributed by atoms with Gasteiger partial charge < -0.3 is 15.0 Å². The summed E-state index contributed by atoms with van der Waals surface area (Å²) in [5, 5.41) is 3.57. The molecular weight excluding hydrogens is 495 g/mol. The second-order valence-electron chi connectivity index (χ2n) is 8.06. The van der Waals surface area contributed by atoms with Crippen molar-refractivity contribution in [1.29, 1.82) is 0 Å². The maximum absolute atomic E-state index is 14.0. The minimum atomic E-state index is -4.57. The fourth-order valence-electron chi connectivity index (χ4n) is 4.04. The quantitative estimate of drug-likeness (QED) is 0.351. The Bertz CT molecular complexity index is 1060. The van der Waals surface area contributed by atoms with Crippen LogP contribution in [0.5, 0.6) is 0 Å². The maximum atomic E-state index is 14.0. The third-order valence-corrected chi connectivity index (χ3v) is 6.59. The monoisotopic (exact) mass is 520 g/mol. The molecule has 2 aromatic heterocycles. The SMILES string of the molecule is CCOC(=O)c1nc(C(=O)N2C(C)CCC2c2cnc(N[C@@H](CC)C(F)(F)F)cc2C(F)F)cs1. The summed E-state index contributed by atoms with van der Waals surface area (Å²) in [6, 6.07) is -2.13. The number of halogens is 5. The number of esters is 1. The Morgan fingerprint density at radius 1 is 1.29 bits per heavy atom. The van der Waals surface area contributed by atoms with Crippen LogP contribution in [0.15, 0.2) is 17.6 Å². The molecule has 1 aliphatic rings. The van der Waals surface area contributed by atoms with E-state index in [1.54, 1.807) is 13.8 Å². The fourth-order valence-corrected chi connectivity index (χ4v) is 4.73. The molecule has 1 saturated heterocycles. The number of hydrogen-bond acceptors (Lipinski definition) is 7. The molecule has 1 amide bonds. The highest BCUT2D eigenvalue weighted by Gasteiger charge is 2.40. The minimum absolute atomic E-state index is 0.000827. The summed E-state index contributed by atoms with van der Waals surface area (Å²) in [7, 11) is 0. The van der Waals surface area contributed by atoms with Crippen molar-refractivity contribution in [2.24, 2.45) is 0 Å². The number of carbonyl (C=O) groups is 2. The van der Waals surface area contributed by atoms with Crippen LogP contribution in [-0.4, -0.2) is 51.6 Å². The van der Waals surface area contributed by atoms with Gasteiger partial charge in [-0.15, -0.1) is 11.3 Å². The number of ether oxygens (including phenoxy) is 1. The number of thiazole rings is 1. The number of likely N-dealkylation sites (tertiary alicyclic amines) is 1. The van der Waals surface area contributed by atoms with Gasteiger partial charge in [-0.3, -0.25) is 4.79 Å². The van der Waals surface area contributed by atoms with Gasteiger partial charge in [-0.2, -0.15) is 13.2 Å². The van der Waals surface area contributed by atoms with Crippen molar-refractivity contribution in [3.8, 4) is 0 Å². The van der Waals surface area contributed by atoms with E-state index < -0.39 is 42.1 Å². The zero-order valence-electron chi connectivity index (χ0n) is 19.2. The standard InChI is InChI=1S/C22H25F5N4O3S/c1-4-16(22(25,26)27)30-17-8-12(18(23)24)13(9-28-17)15-7-6-11(3)31(15)20(32)14-10-35-19(29-14)21(33)34-5-2/h8-11,15-16,18H,4-7H2,1-3H3,(H,28,30)/t11?,15?,16-/m0/s1. The summed E-state index contributed by atoms with van der Waals surface area (Å²) in [6.07, 6.45) is -5.90. The summed E-state index contributed by atoms with van der Waals surface area (Å²) in [6.45, 7) is 4.86. The van der Waals surface area contributed by atoms with Crippen molar-refractivity contribution < 1.29 is 36.3 Å². The van der Waals surface area contributed by atoms with Crippen LogP contribution in [0.4, 0.5) is 27.8 Å². The summed E-state index contributed by atoms with van der Waals surface area (Å²) >= 11 is 0.937. The Hall–Kier alpha value is -2.83. The number of nitrogens with one attached hydrogen (secondary N) is 1. The molecule has 1 aliphatic heterocycles. The molecule has 0 aromatic carbocycles. The predicted octanol–water partition coefficient (Wildman–Crippen LogP) is 5.77. The van der Waals surface area contributed by atoms with Crippen molar-refractivity contribution >= 4 is 29.0 Å². The average molecular weight is 521 g/mol. The highest BCUT2D eigenvalue weighted by Crippen LogP contribution is 2.41. The molecule has 7 nitrogen and oxygen atoms in total. The molecule has 3 atom stereocenters. The molecule has 0 spiro atoms. The van der Waals surface area contributed by atoms with E-state index in [2.05, 4.69) is 15.3 Å². The fraction of sp³-hybridized carbons (Fsp3) is 0.545. The number of anilines is 1. The van der Waals surface area contributed by atoms with Crippen LogP contribution in [0.25, 0.3) is 0 Å². The summed E-state index contributed by atoms with van der Waals surface area (Å²) in [4.78, 5) is 34.5. The first-order valence-corrected chi connectivity index (χ1v) is 11.9. The van der Waals surface area contributed by atoms with Crippen molar-refractivity contribution in [3.63, 3.8) is 0 Å². The number of pyridine rings is 1. The number of alkyl halides is 5. The molecule has 13 heteroatoms. The molecule has 192 valence electrons. The van der Waals surface area contributed by atoms with E-state index in [1.807, 2.05) is 0 Å². The Morgan fingerprint density at radius 2 is 2.00 bits per heavy atom. The smallest absolute Gasteiger partial charge is 0.408 e. The van der Waals surface area contributed by atoms with Crippen LogP contribution in [0, 0.1) is 0 Å². The van der Waals surface area contributed by atoms with Gasteiger partial charge >= 0.3 is 12.1 Å². The molecule has 1 N–H and O–H groups in total. The molecule has 0 saturated carbocycles. The van der Waals surface area contributed by atoms with E-state index in [4.69, 9.17) is 4.74 Å². The molecule has 2 unspecified atom stereocenters. The number of amides is 1. The van der Waals surface area contributed by atoms with Gasteiger partial charge in [0.25, 0.3) is 12.3 Å². The molecule has 0 bridgehead atoms. The van der Waals surface area contributed by atoms with Gasteiger partial charge in [0.2, 0.25) is 5.01 Å². The van der Waals surface area contributed by atoms with Crippen LogP contribution < -0.4 is 5.32 Å². The van der Waals surface area contributed by atoms with E-state index in [9.17, 15) is 31.5 Å². The van der Waals surface area contributed by atoms with Gasteiger partial charge in [-0.05, 0) is 39.2 Å². The zero-order chi connectivity index (χ0) is 25.9. The molecule has 2 aromatic rings. The van der Waals surface area contributed by atoms with E-state index in [0.29, 0.717) is 12.8 Å². The van der Waals surface area contributed by atoms with E-state index in [1.165, 1.54) is 17.2 Å². The average Bonchev–Trinajstić information content (AvgIpc) is 3.43. The third-order valence-electron chi connectivity index (χ3n) is 5.76. The van der Waals surface area contributed by atoms with Gasteiger partial charge in [0.15, 0.2) is 0 Å². The number of nitrogens with zero attached hydrogens (tertiary/aromatic N) is 3. The number of carbonyl (C=O) groups excluding carboxylic acids is 2. The number of aromatic nitrogens is 2. The first kappa shape index (κ1) is 26.8. The molecule has 35 heavy (non-hydrogen) atoms. The van der Waals surface area contributed by atoms with E-state index in [-0.39, 0.29) is 41.2 Å². The summed E-state index contributed by atoms with van der Waals surface area (Å²) < 4.78 is 72.2. The first-order chi connectivity index (χ1) is 16.5. The molecule has 0 aliphatic carbocycles. The Labute approximate surface area is 202 Å². The van der Waals surface area contributed by atoms with Crippen molar-refractivity contribution in [1.82, 2.24) is 14.9 Å². The lowest BCUT2D eigenvalue weighted by Crippen LogP contribution is -2.37. The van der Waals surface area contributed by atoms with Crippen LogP contribution in [-0.2, 0) is 4.74 Å². The number of rotatable bonds is 8. The van der Waals surface area contributed by atoms with Crippen molar-refractivity contribution in [2.75, 3.05) is 11.9 Å². The van der Waals surface area contributed by atoms with Gasteiger partial charge in [-0.25, -0.2) is 23.5 Å². The van der Waals surface area contributed by atoms with Gasteiger partial charge in [0, 0.05) is 28.7 Å². The largest absolute Gasteiger partial charge is 0.461 e. The Kier molecular flexibility index (Phi) is 8.29. The normalized spacial score (nSPS) is 19.2. The van der Waals surface area contributed by atoms with Crippen molar-refractivity contribution in [2.45, 2.75) is 70.8 Å². The lowest BCUT2D eigenvalue weighted by Gasteiger charge is -2.29. The second kappa shape index (κ2) is 10.8. The maximum Gasteiger partial charge on any atom is 0.408 e. The third kappa shape index (κ3) is 5.88. The molecule has 1 fully saturated rings.